The van der Waals surface area contributed by atoms with Gasteiger partial charge in [-0.15, -0.1) is 22.7 Å². The third kappa shape index (κ3) is 2.94. The number of amides is 1. The monoisotopic (exact) mass is 411 g/mol. The van der Waals surface area contributed by atoms with E-state index in [1.54, 1.807) is 29.5 Å². The number of carbonyl (C=O) groups excluding carboxylic acids is 1. The molecule has 0 bridgehead atoms. The molecule has 9 heteroatoms. The molecule has 3 aromatic heterocycles. The predicted octanol–water partition coefficient (Wildman–Crippen LogP) is 3.55. The van der Waals surface area contributed by atoms with Crippen LogP contribution >= 0.6 is 22.7 Å². The molecule has 4 heterocycles. The second-order valence-electron chi connectivity index (χ2n) is 6.10. The third-order valence-corrected chi connectivity index (χ3v) is 6.11. The zero-order valence-corrected chi connectivity index (χ0v) is 16.0. The normalized spacial score (nSPS) is 12.4. The van der Waals surface area contributed by atoms with Gasteiger partial charge in [0.1, 0.15) is 11.4 Å². The molecule has 5 rings (SSSR count). The summed E-state index contributed by atoms with van der Waals surface area (Å²) in [5, 5.41) is 7.22. The van der Waals surface area contributed by atoms with E-state index < -0.39 is 0 Å². The van der Waals surface area contributed by atoms with Crippen LogP contribution in [0.15, 0.2) is 52.2 Å². The lowest BCUT2D eigenvalue weighted by Gasteiger charge is -2.08. The van der Waals surface area contributed by atoms with E-state index in [9.17, 15) is 9.59 Å². The SMILES string of the molecule is O=C(Cn1cnc2scc(-c3cccs3)c2c1=O)Nc1ccc2c(c1)OCO2. The van der Waals surface area contributed by atoms with Crippen LogP contribution in [0.2, 0.25) is 0 Å². The molecule has 1 aromatic carbocycles. The molecule has 0 saturated carbocycles. The van der Waals surface area contributed by atoms with E-state index in [-0.39, 0.29) is 24.8 Å². The molecule has 1 aliphatic rings. The minimum absolute atomic E-state index is 0.129. The largest absolute Gasteiger partial charge is 0.454 e. The van der Waals surface area contributed by atoms with Crippen molar-refractivity contribution in [3.63, 3.8) is 0 Å². The van der Waals surface area contributed by atoms with E-state index >= 15 is 0 Å². The van der Waals surface area contributed by atoms with Crippen molar-refractivity contribution < 1.29 is 14.3 Å². The third-order valence-electron chi connectivity index (χ3n) is 4.32. The van der Waals surface area contributed by atoms with E-state index in [0.29, 0.717) is 27.4 Å². The summed E-state index contributed by atoms with van der Waals surface area (Å²) in [5.74, 6) is 0.898. The van der Waals surface area contributed by atoms with E-state index in [1.807, 2.05) is 22.9 Å². The lowest BCUT2D eigenvalue weighted by atomic mass is 10.2. The topological polar surface area (TPSA) is 82.5 Å². The van der Waals surface area contributed by atoms with Crippen molar-refractivity contribution in [2.45, 2.75) is 6.54 Å². The van der Waals surface area contributed by atoms with Crippen LogP contribution in [0.5, 0.6) is 11.5 Å². The summed E-state index contributed by atoms with van der Waals surface area (Å²) in [6.07, 6.45) is 1.42. The Balaban J connectivity index is 1.42. The van der Waals surface area contributed by atoms with Crippen LogP contribution in [0, 0.1) is 0 Å². The van der Waals surface area contributed by atoms with Gasteiger partial charge in [-0.3, -0.25) is 14.2 Å². The van der Waals surface area contributed by atoms with E-state index in [1.165, 1.54) is 22.2 Å². The molecule has 0 saturated heterocycles. The van der Waals surface area contributed by atoms with E-state index in [0.717, 1.165) is 10.4 Å². The summed E-state index contributed by atoms with van der Waals surface area (Å²) in [7, 11) is 0. The van der Waals surface area contributed by atoms with Crippen LogP contribution in [0.1, 0.15) is 0 Å². The van der Waals surface area contributed by atoms with Gasteiger partial charge in [0.2, 0.25) is 12.7 Å². The Morgan fingerprint density at radius 1 is 1.21 bits per heavy atom. The Bertz CT molecular complexity index is 1240. The highest BCUT2D eigenvalue weighted by Gasteiger charge is 2.17. The first-order valence-corrected chi connectivity index (χ1v) is 10.1. The van der Waals surface area contributed by atoms with Crippen molar-refractivity contribution >= 4 is 44.5 Å². The summed E-state index contributed by atoms with van der Waals surface area (Å²) in [4.78, 5) is 31.4. The quantitative estimate of drug-likeness (QED) is 0.555. The molecule has 1 aliphatic heterocycles. The highest BCUT2D eigenvalue weighted by Crippen LogP contribution is 2.34. The molecule has 4 aromatic rings. The average molecular weight is 411 g/mol. The van der Waals surface area contributed by atoms with Crippen molar-refractivity contribution in [2.75, 3.05) is 12.1 Å². The fourth-order valence-corrected chi connectivity index (χ4v) is 4.74. The van der Waals surface area contributed by atoms with E-state index in [2.05, 4.69) is 10.3 Å². The Morgan fingerprint density at radius 3 is 2.96 bits per heavy atom. The molecule has 0 spiro atoms. The van der Waals surface area contributed by atoms with Crippen molar-refractivity contribution in [3.8, 4) is 21.9 Å². The number of fused-ring (bicyclic) bond motifs is 2. The summed E-state index contributed by atoms with van der Waals surface area (Å²) < 4.78 is 11.9. The lowest BCUT2D eigenvalue weighted by molar-refractivity contribution is -0.116. The van der Waals surface area contributed by atoms with Crippen molar-refractivity contribution in [3.05, 3.63) is 57.8 Å². The molecule has 0 aliphatic carbocycles. The number of rotatable bonds is 4. The number of nitrogens with one attached hydrogen (secondary N) is 1. The van der Waals surface area contributed by atoms with Gasteiger partial charge in [-0.05, 0) is 23.6 Å². The fourth-order valence-electron chi connectivity index (χ4n) is 3.02. The summed E-state index contributed by atoms with van der Waals surface area (Å²) >= 11 is 2.99. The smallest absolute Gasteiger partial charge is 0.263 e. The number of hydrogen-bond donors (Lipinski definition) is 1. The van der Waals surface area contributed by atoms with Crippen LogP contribution in [0.25, 0.3) is 20.7 Å². The number of hydrogen-bond acceptors (Lipinski definition) is 7. The van der Waals surface area contributed by atoms with Gasteiger partial charge >= 0.3 is 0 Å². The maximum atomic E-state index is 13.0. The van der Waals surface area contributed by atoms with Crippen molar-refractivity contribution in [1.82, 2.24) is 9.55 Å². The molecule has 7 nitrogen and oxygen atoms in total. The maximum Gasteiger partial charge on any atom is 0.263 e. The Hall–Kier alpha value is -3.17. The molecule has 140 valence electrons. The van der Waals surface area contributed by atoms with Gasteiger partial charge in [0.05, 0.1) is 11.7 Å². The first-order chi connectivity index (χ1) is 13.7. The van der Waals surface area contributed by atoms with Gasteiger partial charge < -0.3 is 14.8 Å². The van der Waals surface area contributed by atoms with Gasteiger partial charge in [-0.25, -0.2) is 4.98 Å². The summed E-state index contributed by atoms with van der Waals surface area (Å²) in [6.45, 7) is 0.0387. The summed E-state index contributed by atoms with van der Waals surface area (Å²) in [5.41, 5.74) is 1.21. The van der Waals surface area contributed by atoms with Crippen LogP contribution in [-0.4, -0.2) is 22.3 Å². The van der Waals surface area contributed by atoms with Crippen LogP contribution < -0.4 is 20.3 Å². The first kappa shape index (κ1) is 17.0. The number of ether oxygens (including phenoxy) is 2. The number of nitrogens with zero attached hydrogens (tertiary/aromatic N) is 2. The van der Waals surface area contributed by atoms with Crippen molar-refractivity contribution in [2.24, 2.45) is 0 Å². The van der Waals surface area contributed by atoms with Crippen LogP contribution in [0.3, 0.4) is 0 Å². The Kier molecular flexibility index (Phi) is 4.10. The number of anilines is 1. The molecular formula is C19H13N3O4S2. The van der Waals surface area contributed by atoms with E-state index in [4.69, 9.17) is 9.47 Å². The zero-order chi connectivity index (χ0) is 19.1. The highest BCUT2D eigenvalue weighted by atomic mass is 32.1. The number of carbonyl (C=O) groups is 1. The van der Waals surface area contributed by atoms with Crippen LogP contribution in [0.4, 0.5) is 5.69 Å². The first-order valence-electron chi connectivity index (χ1n) is 8.39. The molecule has 28 heavy (non-hydrogen) atoms. The van der Waals surface area contributed by atoms with Crippen LogP contribution in [-0.2, 0) is 11.3 Å². The average Bonchev–Trinajstić information content (AvgIpc) is 3.43. The van der Waals surface area contributed by atoms with Crippen molar-refractivity contribution in [1.29, 1.82) is 0 Å². The molecule has 0 radical (unpaired) electrons. The molecule has 1 N–H and O–H groups in total. The standard InChI is InChI=1S/C19H13N3O4S2/c23-16(21-11-3-4-13-14(6-11)26-10-25-13)7-22-9-20-18-17(19(22)24)12(8-28-18)15-2-1-5-27-15/h1-6,8-9H,7,10H2,(H,21,23). The van der Waals surface area contributed by atoms with Gasteiger partial charge in [0.25, 0.3) is 5.56 Å². The minimum atomic E-state index is -0.324. The van der Waals surface area contributed by atoms with Gasteiger partial charge in [0, 0.05) is 27.6 Å². The predicted molar refractivity (Wildman–Crippen MR) is 108 cm³/mol. The Labute approximate surface area is 166 Å². The lowest BCUT2D eigenvalue weighted by Crippen LogP contribution is -2.27. The molecule has 0 fully saturated rings. The second kappa shape index (κ2) is 6.77. The Morgan fingerprint density at radius 2 is 2.11 bits per heavy atom. The van der Waals surface area contributed by atoms with Gasteiger partial charge in [-0.1, -0.05) is 6.07 Å². The fraction of sp³-hybridized carbons (Fsp3) is 0.105. The van der Waals surface area contributed by atoms with Gasteiger partial charge in [-0.2, -0.15) is 0 Å². The zero-order valence-electron chi connectivity index (χ0n) is 14.4. The number of benzene rings is 1. The molecule has 0 atom stereocenters. The second-order valence-corrected chi connectivity index (χ2v) is 7.91. The summed E-state index contributed by atoms with van der Waals surface area (Å²) in [6, 6.07) is 9.06. The van der Waals surface area contributed by atoms with Gasteiger partial charge in [0.15, 0.2) is 11.5 Å². The number of aromatic nitrogens is 2. The highest BCUT2D eigenvalue weighted by molar-refractivity contribution is 7.18. The molecule has 0 unspecified atom stereocenters. The minimum Gasteiger partial charge on any atom is -0.454 e. The molecule has 1 amide bonds. The molecular weight excluding hydrogens is 398 g/mol. The number of thiophene rings is 2. The maximum absolute atomic E-state index is 13.0.